The zero-order valence-electron chi connectivity index (χ0n) is 14.4. The highest BCUT2D eigenvalue weighted by molar-refractivity contribution is 9.10. The fourth-order valence-corrected chi connectivity index (χ4v) is 2.63. The Morgan fingerprint density at radius 3 is 2.82 bits per heavy atom. The highest BCUT2D eigenvalue weighted by Gasteiger charge is 2.11. The van der Waals surface area contributed by atoms with Crippen molar-refractivity contribution in [1.29, 1.82) is 0 Å². The van der Waals surface area contributed by atoms with Crippen molar-refractivity contribution in [3.8, 4) is 5.75 Å². The second-order valence-corrected chi connectivity index (χ2v) is 6.39. The first-order valence-electron chi connectivity index (χ1n) is 8.07. The molecule has 0 saturated carbocycles. The maximum atomic E-state index is 12.1. The van der Waals surface area contributed by atoms with Gasteiger partial charge in [0.1, 0.15) is 18.1 Å². The summed E-state index contributed by atoms with van der Waals surface area (Å²) in [6.07, 6.45) is 1.31. The average molecular weight is 444 g/mol. The van der Waals surface area contributed by atoms with Gasteiger partial charge in [0.2, 0.25) is 0 Å². The van der Waals surface area contributed by atoms with Crippen LogP contribution >= 0.6 is 15.9 Å². The van der Waals surface area contributed by atoms with Gasteiger partial charge in [0.25, 0.3) is 5.69 Å². The Labute approximate surface area is 168 Å². The zero-order chi connectivity index (χ0) is 19.9. The van der Waals surface area contributed by atoms with Gasteiger partial charge in [-0.25, -0.2) is 5.43 Å². The molecule has 3 aromatic rings. The van der Waals surface area contributed by atoms with E-state index in [0.717, 1.165) is 4.47 Å². The first-order chi connectivity index (χ1) is 13.5. The van der Waals surface area contributed by atoms with E-state index < -0.39 is 10.8 Å². The van der Waals surface area contributed by atoms with Gasteiger partial charge in [-0.15, -0.1) is 0 Å². The van der Waals surface area contributed by atoms with Crippen molar-refractivity contribution in [3.05, 3.63) is 92.3 Å². The molecule has 0 saturated heterocycles. The number of nitro groups is 1. The molecule has 28 heavy (non-hydrogen) atoms. The molecule has 1 amide bonds. The highest BCUT2D eigenvalue weighted by atomic mass is 79.9. The fourth-order valence-electron chi connectivity index (χ4n) is 2.23. The van der Waals surface area contributed by atoms with E-state index in [0.29, 0.717) is 17.1 Å². The summed E-state index contributed by atoms with van der Waals surface area (Å²) in [7, 11) is 0. The third-order valence-electron chi connectivity index (χ3n) is 3.55. The predicted octanol–water partition coefficient (Wildman–Crippen LogP) is 4.29. The average Bonchev–Trinajstić information content (AvgIpc) is 3.17. The number of nitrogens with one attached hydrogen (secondary N) is 1. The number of hydrogen-bond donors (Lipinski definition) is 1. The summed E-state index contributed by atoms with van der Waals surface area (Å²) >= 11 is 3.39. The lowest BCUT2D eigenvalue weighted by molar-refractivity contribution is -0.384. The van der Waals surface area contributed by atoms with Crippen LogP contribution in [0.4, 0.5) is 5.69 Å². The Kier molecular flexibility index (Phi) is 6.18. The van der Waals surface area contributed by atoms with Crippen LogP contribution < -0.4 is 10.2 Å². The van der Waals surface area contributed by atoms with Crippen molar-refractivity contribution >= 4 is 33.7 Å². The molecular formula is C19H14BrN3O5. The number of benzene rings is 2. The van der Waals surface area contributed by atoms with Crippen LogP contribution in [0.25, 0.3) is 0 Å². The Hall–Kier alpha value is -3.46. The van der Waals surface area contributed by atoms with E-state index in [2.05, 4.69) is 26.5 Å². The van der Waals surface area contributed by atoms with E-state index in [-0.39, 0.29) is 18.1 Å². The van der Waals surface area contributed by atoms with Gasteiger partial charge in [0.05, 0.1) is 15.6 Å². The number of nitrogens with zero attached hydrogens (tertiary/aromatic N) is 2. The van der Waals surface area contributed by atoms with Crippen LogP contribution in [0.5, 0.6) is 5.75 Å². The second kappa shape index (κ2) is 8.96. The summed E-state index contributed by atoms with van der Waals surface area (Å²) in [5, 5.41) is 14.5. The minimum atomic E-state index is -0.547. The number of rotatable bonds is 7. The number of nitro benzene ring substituents is 1. The molecule has 8 nitrogen and oxygen atoms in total. The van der Waals surface area contributed by atoms with Crippen LogP contribution in [0.2, 0.25) is 0 Å². The first kappa shape index (κ1) is 19.3. The van der Waals surface area contributed by atoms with Crippen molar-refractivity contribution in [1.82, 2.24) is 5.43 Å². The lowest BCUT2D eigenvalue weighted by atomic mass is 10.2. The van der Waals surface area contributed by atoms with Crippen LogP contribution in [-0.4, -0.2) is 17.0 Å². The number of para-hydroxylation sites is 1. The summed E-state index contributed by atoms with van der Waals surface area (Å²) in [5.41, 5.74) is 2.73. The molecule has 142 valence electrons. The Morgan fingerprint density at radius 2 is 2.04 bits per heavy atom. The quantitative estimate of drug-likeness (QED) is 0.332. The van der Waals surface area contributed by atoms with Crippen molar-refractivity contribution < 1.29 is 18.9 Å². The van der Waals surface area contributed by atoms with Gasteiger partial charge >= 0.3 is 5.91 Å². The van der Waals surface area contributed by atoms with Crippen LogP contribution in [-0.2, 0) is 6.61 Å². The molecule has 1 heterocycles. The predicted molar refractivity (Wildman–Crippen MR) is 105 cm³/mol. The molecule has 2 aromatic carbocycles. The van der Waals surface area contributed by atoms with Crippen LogP contribution in [0.15, 0.2) is 74.7 Å². The number of carbonyl (C=O) groups is 1. The Balaban J connectivity index is 1.56. The molecule has 1 aromatic heterocycles. The minimum absolute atomic E-state index is 0.0593. The fraction of sp³-hybridized carbons (Fsp3) is 0.0526. The van der Waals surface area contributed by atoms with Gasteiger partial charge in [-0.05, 0) is 40.2 Å². The van der Waals surface area contributed by atoms with Gasteiger partial charge in [-0.3, -0.25) is 14.9 Å². The van der Waals surface area contributed by atoms with Gasteiger partial charge in [-0.1, -0.05) is 24.3 Å². The molecule has 0 radical (unpaired) electrons. The normalized spacial score (nSPS) is 10.8. The molecule has 0 fully saturated rings. The van der Waals surface area contributed by atoms with Gasteiger partial charge < -0.3 is 9.15 Å². The monoisotopic (exact) mass is 443 g/mol. The topological polar surface area (TPSA) is 107 Å². The minimum Gasteiger partial charge on any atom is -0.484 e. The van der Waals surface area contributed by atoms with E-state index in [1.807, 2.05) is 24.3 Å². The van der Waals surface area contributed by atoms with Gasteiger partial charge in [0, 0.05) is 17.7 Å². The van der Waals surface area contributed by atoms with Crippen LogP contribution in [0.1, 0.15) is 21.9 Å². The molecular weight excluding hydrogens is 430 g/mol. The van der Waals surface area contributed by atoms with Crippen molar-refractivity contribution in [2.45, 2.75) is 6.61 Å². The summed E-state index contributed by atoms with van der Waals surface area (Å²) in [5.74, 6) is 0.658. The highest BCUT2D eigenvalue weighted by Crippen LogP contribution is 2.25. The second-order valence-electron chi connectivity index (χ2n) is 5.54. The Bertz CT molecular complexity index is 1030. The smallest absolute Gasteiger partial charge is 0.307 e. The number of furan rings is 1. The van der Waals surface area contributed by atoms with E-state index >= 15 is 0 Å². The zero-order valence-corrected chi connectivity index (χ0v) is 16.0. The molecule has 0 bridgehead atoms. The molecule has 9 heteroatoms. The lowest BCUT2D eigenvalue weighted by Gasteiger charge is -2.05. The molecule has 0 aliphatic rings. The van der Waals surface area contributed by atoms with Crippen molar-refractivity contribution in [2.75, 3.05) is 0 Å². The summed E-state index contributed by atoms with van der Waals surface area (Å²) < 4.78 is 11.9. The van der Waals surface area contributed by atoms with E-state index in [9.17, 15) is 14.9 Å². The molecule has 0 atom stereocenters. The van der Waals surface area contributed by atoms with Gasteiger partial charge in [0.15, 0.2) is 5.76 Å². The molecule has 0 aliphatic heterocycles. The van der Waals surface area contributed by atoms with E-state index in [1.165, 1.54) is 30.5 Å². The lowest BCUT2D eigenvalue weighted by Crippen LogP contribution is -2.16. The number of amides is 1. The molecule has 0 unspecified atom stereocenters. The molecule has 1 N–H and O–H groups in total. The Morgan fingerprint density at radius 1 is 1.21 bits per heavy atom. The van der Waals surface area contributed by atoms with Crippen LogP contribution in [0, 0.1) is 10.1 Å². The molecule has 3 rings (SSSR count). The number of hydrogen-bond acceptors (Lipinski definition) is 6. The number of carbonyl (C=O) groups excluding carboxylic acids is 1. The third-order valence-corrected chi connectivity index (χ3v) is 4.21. The van der Waals surface area contributed by atoms with Crippen molar-refractivity contribution in [3.63, 3.8) is 0 Å². The number of ether oxygens (including phenoxy) is 1. The van der Waals surface area contributed by atoms with Crippen LogP contribution in [0.3, 0.4) is 0 Å². The third kappa shape index (κ3) is 5.04. The largest absolute Gasteiger partial charge is 0.484 e. The van der Waals surface area contributed by atoms with Gasteiger partial charge in [-0.2, -0.15) is 5.10 Å². The van der Waals surface area contributed by atoms with Crippen molar-refractivity contribution in [2.24, 2.45) is 5.10 Å². The summed E-state index contributed by atoms with van der Waals surface area (Å²) in [6, 6.07) is 16.4. The van der Waals surface area contributed by atoms with E-state index in [4.69, 9.17) is 9.15 Å². The number of non-ortho nitro benzene ring substituents is 1. The SMILES string of the molecule is O=C(N/N=C/c1cccc([N+](=O)[O-])c1)c1ccc(COc2ccccc2Br)o1. The molecule has 0 spiro atoms. The molecule has 0 aliphatic carbocycles. The standard InChI is InChI=1S/C19H14BrN3O5/c20-16-6-1-2-7-17(16)27-12-15-8-9-18(28-15)19(24)22-21-11-13-4-3-5-14(10-13)23(25)26/h1-11H,12H2,(H,22,24)/b21-11+. The summed E-state index contributed by atoms with van der Waals surface area (Å²) in [6.45, 7) is 0.160. The van der Waals surface area contributed by atoms with E-state index in [1.54, 1.807) is 12.1 Å². The maximum absolute atomic E-state index is 12.1. The maximum Gasteiger partial charge on any atom is 0.307 e. The summed E-state index contributed by atoms with van der Waals surface area (Å²) in [4.78, 5) is 22.3. The number of hydrazone groups is 1. The number of halogens is 1. The first-order valence-corrected chi connectivity index (χ1v) is 8.86.